The Bertz CT molecular complexity index is 133. The summed E-state index contributed by atoms with van der Waals surface area (Å²) in [4.78, 5) is 0. The third-order valence-electron chi connectivity index (χ3n) is 2.05. The van der Waals surface area contributed by atoms with Crippen molar-refractivity contribution in [2.24, 2.45) is 5.92 Å². The van der Waals surface area contributed by atoms with E-state index in [9.17, 15) is 18.3 Å². The predicted octanol–water partition coefficient (Wildman–Crippen LogP) is 3.56. The van der Waals surface area contributed by atoms with E-state index >= 15 is 0 Å². The van der Waals surface area contributed by atoms with Crippen LogP contribution in [0.3, 0.4) is 0 Å². The molecule has 0 spiro atoms. The first kappa shape index (κ1) is 12.8. The monoisotopic (exact) mass is 197 g/mol. The van der Waals surface area contributed by atoms with Crippen molar-refractivity contribution in [2.75, 3.05) is 0 Å². The average Bonchev–Trinajstić information content (AvgIpc) is 1.99. The summed E-state index contributed by atoms with van der Waals surface area (Å²) >= 11 is 0. The Morgan fingerprint density at radius 3 is 2.23 bits per heavy atom. The van der Waals surface area contributed by atoms with Crippen LogP contribution in [0.4, 0.5) is 13.2 Å². The van der Waals surface area contributed by atoms with Gasteiger partial charge in [-0.2, -0.15) is 13.2 Å². The van der Waals surface area contributed by atoms with E-state index < -0.39 is 18.2 Å². The van der Waals surface area contributed by atoms with E-state index in [2.05, 4.69) is 0 Å². The molecule has 0 saturated carbocycles. The number of hydrogen-bond acceptors (Lipinski definition) is 0. The zero-order valence-corrected chi connectivity index (χ0v) is 8.03. The molecule has 0 heterocycles. The van der Waals surface area contributed by atoms with Gasteiger partial charge in [0.25, 0.3) is 0 Å². The second-order valence-corrected chi connectivity index (χ2v) is 3.44. The van der Waals surface area contributed by atoms with Crippen LogP contribution in [-0.2, 0) is 5.11 Å². The molecule has 0 aromatic carbocycles. The molecular formula is C9H16F3O. The van der Waals surface area contributed by atoms with Gasteiger partial charge in [0.2, 0.25) is 0 Å². The summed E-state index contributed by atoms with van der Waals surface area (Å²) in [5.41, 5.74) is 0. The van der Waals surface area contributed by atoms with Crippen molar-refractivity contribution in [3.8, 4) is 0 Å². The van der Waals surface area contributed by atoms with Gasteiger partial charge >= 0.3 is 6.18 Å². The van der Waals surface area contributed by atoms with Gasteiger partial charge in [0.1, 0.15) is 0 Å². The highest BCUT2D eigenvalue weighted by Gasteiger charge is 2.36. The Hall–Kier alpha value is -0.250. The van der Waals surface area contributed by atoms with E-state index in [4.69, 9.17) is 0 Å². The Morgan fingerprint density at radius 2 is 1.85 bits per heavy atom. The van der Waals surface area contributed by atoms with E-state index in [0.29, 0.717) is 6.42 Å². The summed E-state index contributed by atoms with van der Waals surface area (Å²) in [6, 6.07) is 0. The maximum absolute atomic E-state index is 12.0. The Balaban J connectivity index is 3.71. The minimum atomic E-state index is -4.21. The number of rotatable bonds is 5. The van der Waals surface area contributed by atoms with Gasteiger partial charge in [-0.3, -0.25) is 0 Å². The zero-order valence-electron chi connectivity index (χ0n) is 8.03. The normalized spacial score (nSPS) is 17.1. The topological polar surface area (TPSA) is 19.9 Å². The summed E-state index contributed by atoms with van der Waals surface area (Å²) in [7, 11) is 0. The van der Waals surface area contributed by atoms with Crippen LogP contribution in [-0.4, -0.2) is 12.3 Å². The molecule has 2 unspecified atom stereocenters. The second-order valence-electron chi connectivity index (χ2n) is 3.44. The number of alkyl halides is 3. The van der Waals surface area contributed by atoms with Gasteiger partial charge < -0.3 is 0 Å². The molecule has 0 amide bonds. The summed E-state index contributed by atoms with van der Waals surface area (Å²) in [6.45, 7) is 2.98. The van der Waals surface area contributed by atoms with E-state index in [1.165, 1.54) is 0 Å². The van der Waals surface area contributed by atoms with Crippen LogP contribution in [0.5, 0.6) is 0 Å². The first-order chi connectivity index (χ1) is 5.88. The molecular weight excluding hydrogens is 181 g/mol. The number of hydrogen-bond donors (Lipinski definition) is 0. The zero-order chi connectivity index (χ0) is 10.5. The van der Waals surface area contributed by atoms with E-state index in [0.717, 1.165) is 19.8 Å². The first-order valence-electron chi connectivity index (χ1n) is 4.60. The highest BCUT2D eigenvalue weighted by molar-refractivity contribution is 4.67. The van der Waals surface area contributed by atoms with E-state index in [1.807, 2.05) is 6.92 Å². The molecule has 0 aliphatic heterocycles. The molecule has 0 aromatic rings. The van der Waals surface area contributed by atoms with Crippen molar-refractivity contribution in [1.82, 2.24) is 0 Å². The maximum atomic E-state index is 12.0. The molecule has 0 fully saturated rings. The predicted molar refractivity (Wildman–Crippen MR) is 43.8 cm³/mol. The fourth-order valence-corrected chi connectivity index (χ4v) is 1.08. The molecule has 0 bridgehead atoms. The molecule has 0 aliphatic rings. The molecule has 79 valence electrons. The van der Waals surface area contributed by atoms with Crippen molar-refractivity contribution < 1.29 is 18.3 Å². The lowest BCUT2D eigenvalue weighted by atomic mass is 10.00. The first-order valence-corrected chi connectivity index (χ1v) is 4.60. The van der Waals surface area contributed by atoms with Crippen LogP contribution in [0.2, 0.25) is 0 Å². The molecule has 13 heavy (non-hydrogen) atoms. The van der Waals surface area contributed by atoms with Crippen molar-refractivity contribution in [1.29, 1.82) is 0 Å². The van der Waals surface area contributed by atoms with Gasteiger partial charge in [0.05, 0.1) is 12.0 Å². The largest absolute Gasteiger partial charge is 0.391 e. The molecule has 1 nitrogen and oxygen atoms in total. The maximum Gasteiger partial charge on any atom is 0.391 e. The summed E-state index contributed by atoms with van der Waals surface area (Å²) in [5.74, 6) is -1.47. The molecule has 0 rings (SSSR count). The average molecular weight is 197 g/mol. The van der Waals surface area contributed by atoms with Gasteiger partial charge in [-0.25, -0.2) is 5.11 Å². The lowest BCUT2D eigenvalue weighted by molar-refractivity contribution is -0.178. The summed E-state index contributed by atoms with van der Waals surface area (Å²) < 4.78 is 36.0. The fourth-order valence-electron chi connectivity index (χ4n) is 1.08. The Morgan fingerprint density at radius 1 is 1.31 bits per heavy atom. The molecule has 0 saturated heterocycles. The van der Waals surface area contributed by atoms with Crippen molar-refractivity contribution >= 4 is 0 Å². The standard InChI is InChI=1S/C9H16F3O/c1-3-4-5-8(13)6-7(2)9(10,11)12/h7-8H,3-6H2,1-2H3. The molecule has 0 aromatic heterocycles. The quantitative estimate of drug-likeness (QED) is 0.642. The van der Waals surface area contributed by atoms with Crippen molar-refractivity contribution in [2.45, 2.75) is 51.8 Å². The number of halogens is 3. The number of unbranched alkanes of at least 4 members (excludes halogenated alkanes) is 1. The second kappa shape index (κ2) is 5.47. The smallest absolute Gasteiger partial charge is 0.233 e. The van der Waals surface area contributed by atoms with Crippen LogP contribution in [0.25, 0.3) is 0 Å². The fraction of sp³-hybridized carbons (Fsp3) is 1.00. The van der Waals surface area contributed by atoms with Crippen LogP contribution >= 0.6 is 0 Å². The van der Waals surface area contributed by atoms with Crippen LogP contribution < -0.4 is 0 Å². The third kappa shape index (κ3) is 5.91. The van der Waals surface area contributed by atoms with Gasteiger partial charge in [-0.1, -0.05) is 26.7 Å². The minimum absolute atomic E-state index is 0.288. The van der Waals surface area contributed by atoms with Crippen LogP contribution in [0.1, 0.15) is 39.5 Å². The molecule has 0 N–H and O–H groups in total. The van der Waals surface area contributed by atoms with Gasteiger partial charge in [-0.05, 0) is 12.8 Å². The van der Waals surface area contributed by atoms with Crippen LogP contribution in [0.15, 0.2) is 0 Å². The Labute approximate surface area is 76.9 Å². The Kier molecular flexibility index (Phi) is 5.37. The molecule has 0 aliphatic carbocycles. The van der Waals surface area contributed by atoms with E-state index in [1.54, 1.807) is 0 Å². The van der Waals surface area contributed by atoms with E-state index in [-0.39, 0.29) is 6.42 Å². The minimum Gasteiger partial charge on any atom is -0.233 e. The molecule has 4 heteroatoms. The highest BCUT2D eigenvalue weighted by atomic mass is 19.4. The summed E-state index contributed by atoms with van der Waals surface area (Å²) in [6.07, 6.45) is -3.62. The van der Waals surface area contributed by atoms with Gasteiger partial charge in [-0.15, -0.1) is 0 Å². The van der Waals surface area contributed by atoms with Crippen LogP contribution in [0, 0.1) is 5.92 Å². The lowest BCUT2D eigenvalue weighted by Crippen LogP contribution is -2.24. The molecule has 1 radical (unpaired) electrons. The van der Waals surface area contributed by atoms with Gasteiger partial charge in [0.15, 0.2) is 0 Å². The van der Waals surface area contributed by atoms with Gasteiger partial charge in [0, 0.05) is 0 Å². The molecule has 2 atom stereocenters. The SMILES string of the molecule is CCCCC([O])CC(C)C(F)(F)F. The third-order valence-corrected chi connectivity index (χ3v) is 2.05. The highest BCUT2D eigenvalue weighted by Crippen LogP contribution is 2.29. The lowest BCUT2D eigenvalue weighted by Gasteiger charge is -2.17. The van der Waals surface area contributed by atoms with Crippen molar-refractivity contribution in [3.63, 3.8) is 0 Å². The van der Waals surface area contributed by atoms with Crippen molar-refractivity contribution in [3.05, 3.63) is 0 Å². The summed E-state index contributed by atoms with van der Waals surface area (Å²) in [5, 5.41) is 11.0.